The molecule has 1 N–H and O–H groups in total. The predicted octanol–water partition coefficient (Wildman–Crippen LogP) is 4.99. The Morgan fingerprint density at radius 3 is 2.70 bits per heavy atom. The quantitative estimate of drug-likeness (QED) is 0.690. The van der Waals surface area contributed by atoms with E-state index < -0.39 is 0 Å². The first-order valence-electron chi connectivity index (χ1n) is 8.55. The van der Waals surface area contributed by atoms with Gasteiger partial charge in [-0.05, 0) is 49.1 Å². The summed E-state index contributed by atoms with van der Waals surface area (Å²) in [6, 6.07) is 11.1. The van der Waals surface area contributed by atoms with Crippen LogP contribution in [-0.2, 0) is 0 Å². The van der Waals surface area contributed by atoms with Crippen molar-refractivity contribution in [3.63, 3.8) is 0 Å². The number of benzene rings is 1. The van der Waals surface area contributed by atoms with E-state index in [0.717, 1.165) is 24.9 Å². The molecule has 1 heteroatoms. The van der Waals surface area contributed by atoms with Gasteiger partial charge in [0.1, 0.15) is 0 Å². The summed E-state index contributed by atoms with van der Waals surface area (Å²) in [6.07, 6.45) is 8.36. The fourth-order valence-electron chi connectivity index (χ4n) is 3.69. The van der Waals surface area contributed by atoms with E-state index in [4.69, 9.17) is 0 Å². The van der Waals surface area contributed by atoms with Crippen molar-refractivity contribution in [2.75, 3.05) is 13.1 Å². The van der Waals surface area contributed by atoms with Crippen LogP contribution in [-0.4, -0.2) is 13.1 Å². The highest BCUT2D eigenvalue weighted by molar-refractivity contribution is 5.20. The normalized spacial score (nSPS) is 24.5. The van der Waals surface area contributed by atoms with Crippen LogP contribution in [0.1, 0.15) is 63.9 Å². The molecule has 0 spiro atoms. The van der Waals surface area contributed by atoms with Crippen molar-refractivity contribution in [2.45, 2.75) is 58.3 Å². The van der Waals surface area contributed by atoms with Gasteiger partial charge in [-0.15, -0.1) is 0 Å². The molecular formula is C19H31N. The number of hydrogen-bond acceptors (Lipinski definition) is 1. The summed E-state index contributed by atoms with van der Waals surface area (Å²) >= 11 is 0. The maximum absolute atomic E-state index is 3.63. The molecule has 0 saturated heterocycles. The molecule has 3 atom stereocenters. The van der Waals surface area contributed by atoms with Gasteiger partial charge in [0.15, 0.2) is 0 Å². The summed E-state index contributed by atoms with van der Waals surface area (Å²) < 4.78 is 0. The fourth-order valence-corrected chi connectivity index (χ4v) is 3.69. The number of hydrogen-bond donors (Lipinski definition) is 1. The van der Waals surface area contributed by atoms with Gasteiger partial charge in [0.25, 0.3) is 0 Å². The van der Waals surface area contributed by atoms with Crippen LogP contribution < -0.4 is 5.32 Å². The third-order valence-electron chi connectivity index (χ3n) is 4.75. The van der Waals surface area contributed by atoms with Crippen molar-refractivity contribution in [3.05, 3.63) is 35.9 Å². The lowest BCUT2D eigenvalue weighted by Gasteiger charge is -2.30. The Balaban J connectivity index is 1.95. The minimum absolute atomic E-state index is 0.693. The van der Waals surface area contributed by atoms with E-state index in [1.807, 2.05) is 0 Å². The summed E-state index contributed by atoms with van der Waals surface area (Å²) in [7, 11) is 0. The molecule has 3 unspecified atom stereocenters. The number of nitrogens with one attached hydrogen (secondary N) is 1. The van der Waals surface area contributed by atoms with E-state index >= 15 is 0 Å². The second-order valence-corrected chi connectivity index (χ2v) is 6.69. The molecular weight excluding hydrogens is 242 g/mol. The van der Waals surface area contributed by atoms with Crippen LogP contribution in [0.25, 0.3) is 0 Å². The third kappa shape index (κ3) is 4.94. The smallest absolute Gasteiger partial charge is 0.00202 e. The van der Waals surface area contributed by atoms with Crippen LogP contribution in [0.3, 0.4) is 0 Å². The molecule has 0 heterocycles. The first kappa shape index (κ1) is 15.6. The molecule has 2 rings (SSSR count). The Kier molecular flexibility index (Phi) is 6.59. The van der Waals surface area contributed by atoms with Crippen molar-refractivity contribution >= 4 is 0 Å². The van der Waals surface area contributed by atoms with Crippen LogP contribution in [0.15, 0.2) is 30.3 Å². The van der Waals surface area contributed by atoms with E-state index in [0.29, 0.717) is 5.92 Å². The second-order valence-electron chi connectivity index (χ2n) is 6.69. The van der Waals surface area contributed by atoms with Gasteiger partial charge in [0.2, 0.25) is 0 Å². The third-order valence-corrected chi connectivity index (χ3v) is 4.75. The second kappa shape index (κ2) is 8.46. The Bertz CT molecular complexity index is 359. The van der Waals surface area contributed by atoms with E-state index in [2.05, 4.69) is 49.5 Å². The summed E-state index contributed by atoms with van der Waals surface area (Å²) in [4.78, 5) is 0. The Labute approximate surface area is 125 Å². The molecule has 20 heavy (non-hydrogen) atoms. The average Bonchev–Trinajstić information content (AvgIpc) is 2.47. The minimum Gasteiger partial charge on any atom is -0.316 e. The lowest BCUT2D eigenvalue weighted by molar-refractivity contribution is 0.255. The lowest BCUT2D eigenvalue weighted by atomic mass is 9.77. The molecule has 1 aliphatic carbocycles. The Hall–Kier alpha value is -0.820. The summed E-state index contributed by atoms with van der Waals surface area (Å²) in [6.45, 7) is 6.96. The highest BCUT2D eigenvalue weighted by Crippen LogP contribution is 2.35. The average molecular weight is 273 g/mol. The molecule has 1 fully saturated rings. The van der Waals surface area contributed by atoms with Crippen molar-refractivity contribution in [3.8, 4) is 0 Å². The summed E-state index contributed by atoms with van der Waals surface area (Å²) in [5.41, 5.74) is 1.52. The molecule has 1 aliphatic rings. The molecule has 1 nitrogen and oxygen atoms in total. The van der Waals surface area contributed by atoms with Crippen LogP contribution in [0, 0.1) is 11.8 Å². The maximum Gasteiger partial charge on any atom is 0.00202 e. The van der Waals surface area contributed by atoms with Crippen LogP contribution >= 0.6 is 0 Å². The molecule has 0 radical (unpaired) electrons. The molecule has 1 aromatic carbocycles. The van der Waals surface area contributed by atoms with Crippen LogP contribution in [0.4, 0.5) is 0 Å². The van der Waals surface area contributed by atoms with Gasteiger partial charge in [-0.1, -0.05) is 63.4 Å². The SMILES string of the molecule is CCCNCC(CC1CCCC(C)C1)c1ccccc1. The van der Waals surface area contributed by atoms with E-state index in [9.17, 15) is 0 Å². The van der Waals surface area contributed by atoms with Crippen molar-refractivity contribution in [1.82, 2.24) is 5.32 Å². The fraction of sp³-hybridized carbons (Fsp3) is 0.684. The molecule has 0 bridgehead atoms. The minimum atomic E-state index is 0.693. The van der Waals surface area contributed by atoms with Gasteiger partial charge < -0.3 is 5.32 Å². The van der Waals surface area contributed by atoms with E-state index in [1.165, 1.54) is 44.1 Å². The predicted molar refractivity (Wildman–Crippen MR) is 88.1 cm³/mol. The molecule has 0 amide bonds. The van der Waals surface area contributed by atoms with Gasteiger partial charge in [-0.2, -0.15) is 0 Å². The standard InChI is InChI=1S/C19H31N/c1-3-12-20-15-19(18-10-5-4-6-11-18)14-17-9-7-8-16(2)13-17/h4-6,10-11,16-17,19-20H,3,7-9,12-15H2,1-2H3. The molecule has 1 saturated carbocycles. The van der Waals surface area contributed by atoms with Gasteiger partial charge in [0.05, 0.1) is 0 Å². The zero-order chi connectivity index (χ0) is 14.2. The van der Waals surface area contributed by atoms with Gasteiger partial charge in [-0.3, -0.25) is 0 Å². The highest BCUT2D eigenvalue weighted by atomic mass is 14.8. The molecule has 112 valence electrons. The van der Waals surface area contributed by atoms with Crippen LogP contribution in [0.5, 0.6) is 0 Å². The lowest BCUT2D eigenvalue weighted by Crippen LogP contribution is -2.25. The maximum atomic E-state index is 3.63. The molecule has 0 aliphatic heterocycles. The molecule has 0 aromatic heterocycles. The van der Waals surface area contributed by atoms with Crippen molar-refractivity contribution < 1.29 is 0 Å². The monoisotopic (exact) mass is 273 g/mol. The Morgan fingerprint density at radius 2 is 2.00 bits per heavy atom. The van der Waals surface area contributed by atoms with Gasteiger partial charge in [0, 0.05) is 6.54 Å². The van der Waals surface area contributed by atoms with Crippen molar-refractivity contribution in [1.29, 1.82) is 0 Å². The zero-order valence-electron chi connectivity index (χ0n) is 13.3. The van der Waals surface area contributed by atoms with Gasteiger partial charge in [-0.25, -0.2) is 0 Å². The zero-order valence-corrected chi connectivity index (χ0v) is 13.3. The largest absolute Gasteiger partial charge is 0.316 e. The van der Waals surface area contributed by atoms with Crippen LogP contribution in [0.2, 0.25) is 0 Å². The first-order chi connectivity index (χ1) is 9.79. The van der Waals surface area contributed by atoms with E-state index in [-0.39, 0.29) is 0 Å². The first-order valence-corrected chi connectivity index (χ1v) is 8.55. The summed E-state index contributed by atoms with van der Waals surface area (Å²) in [5.74, 6) is 2.57. The molecule has 1 aromatic rings. The topological polar surface area (TPSA) is 12.0 Å². The van der Waals surface area contributed by atoms with Crippen molar-refractivity contribution in [2.24, 2.45) is 11.8 Å². The van der Waals surface area contributed by atoms with E-state index in [1.54, 1.807) is 0 Å². The Morgan fingerprint density at radius 1 is 1.20 bits per heavy atom. The highest BCUT2D eigenvalue weighted by Gasteiger charge is 2.23. The summed E-state index contributed by atoms with van der Waals surface area (Å²) in [5, 5.41) is 3.63. The number of rotatable bonds is 7. The van der Waals surface area contributed by atoms with Gasteiger partial charge >= 0.3 is 0 Å².